The van der Waals surface area contributed by atoms with Gasteiger partial charge in [0.1, 0.15) is 5.75 Å². The van der Waals surface area contributed by atoms with Gasteiger partial charge in [-0.05, 0) is 24.6 Å². The van der Waals surface area contributed by atoms with Crippen molar-refractivity contribution in [2.24, 2.45) is 0 Å². The molecule has 3 nitrogen and oxygen atoms in total. The van der Waals surface area contributed by atoms with Crippen molar-refractivity contribution < 1.29 is 4.74 Å². The highest BCUT2D eigenvalue weighted by molar-refractivity contribution is 5.27. The van der Waals surface area contributed by atoms with Gasteiger partial charge in [0.25, 0.3) is 0 Å². The molecule has 17 heavy (non-hydrogen) atoms. The lowest BCUT2D eigenvalue weighted by Gasteiger charge is -2.16. The Balaban J connectivity index is 2.29. The van der Waals surface area contributed by atoms with E-state index in [9.17, 15) is 0 Å². The molecular weight excluding hydrogens is 212 g/mol. The lowest BCUT2D eigenvalue weighted by Crippen LogP contribution is -2.38. The van der Waals surface area contributed by atoms with Crippen molar-refractivity contribution >= 4 is 0 Å². The van der Waals surface area contributed by atoms with Crippen LogP contribution in [0.4, 0.5) is 0 Å². The van der Waals surface area contributed by atoms with Gasteiger partial charge in [-0.1, -0.05) is 26.0 Å². The third kappa shape index (κ3) is 5.71. The van der Waals surface area contributed by atoms with Crippen LogP contribution in [0.3, 0.4) is 0 Å². The molecule has 0 amide bonds. The predicted molar refractivity (Wildman–Crippen MR) is 72.4 cm³/mol. The molecule has 2 N–H and O–H groups in total. The molecule has 3 heteroatoms. The van der Waals surface area contributed by atoms with Crippen LogP contribution in [0.2, 0.25) is 0 Å². The standard InChI is InChI=1S/C14H24N2O/c1-11(2)15-9-12(3)16-10-13-5-7-14(17-4)8-6-13/h5-8,11-12,15-16H,9-10H2,1-4H3. The topological polar surface area (TPSA) is 33.3 Å². The number of methoxy groups -OCH3 is 1. The van der Waals surface area contributed by atoms with Crippen LogP contribution in [0.1, 0.15) is 26.3 Å². The van der Waals surface area contributed by atoms with Gasteiger partial charge in [-0.25, -0.2) is 0 Å². The summed E-state index contributed by atoms with van der Waals surface area (Å²) in [5.74, 6) is 0.906. The lowest BCUT2D eigenvalue weighted by atomic mass is 10.2. The van der Waals surface area contributed by atoms with E-state index < -0.39 is 0 Å². The predicted octanol–water partition coefficient (Wildman–Crippen LogP) is 2.17. The number of hydrogen-bond acceptors (Lipinski definition) is 3. The zero-order chi connectivity index (χ0) is 12.7. The molecule has 0 radical (unpaired) electrons. The van der Waals surface area contributed by atoms with Gasteiger partial charge in [0.15, 0.2) is 0 Å². The fourth-order valence-corrected chi connectivity index (χ4v) is 1.52. The maximum Gasteiger partial charge on any atom is 0.118 e. The van der Waals surface area contributed by atoms with Crippen LogP contribution >= 0.6 is 0 Å². The van der Waals surface area contributed by atoms with Crippen molar-refractivity contribution in [1.82, 2.24) is 10.6 Å². The van der Waals surface area contributed by atoms with Gasteiger partial charge in [-0.2, -0.15) is 0 Å². The molecule has 1 aromatic carbocycles. The molecule has 0 fully saturated rings. The van der Waals surface area contributed by atoms with E-state index in [-0.39, 0.29) is 0 Å². The number of hydrogen-bond donors (Lipinski definition) is 2. The first-order valence-corrected chi connectivity index (χ1v) is 6.21. The highest BCUT2D eigenvalue weighted by atomic mass is 16.5. The molecule has 0 aliphatic carbocycles. The molecule has 1 aromatic rings. The average molecular weight is 236 g/mol. The molecule has 1 atom stereocenters. The Labute approximate surface area is 105 Å². The van der Waals surface area contributed by atoms with Crippen LogP contribution in [-0.4, -0.2) is 25.7 Å². The lowest BCUT2D eigenvalue weighted by molar-refractivity contribution is 0.414. The second kappa shape index (κ2) is 7.30. The van der Waals surface area contributed by atoms with Crippen LogP contribution in [-0.2, 0) is 6.54 Å². The quantitative estimate of drug-likeness (QED) is 0.761. The smallest absolute Gasteiger partial charge is 0.118 e. The van der Waals surface area contributed by atoms with E-state index in [0.717, 1.165) is 18.8 Å². The molecule has 0 saturated heterocycles. The highest BCUT2D eigenvalue weighted by Gasteiger charge is 2.02. The Morgan fingerprint density at radius 2 is 1.71 bits per heavy atom. The minimum atomic E-state index is 0.472. The fraction of sp³-hybridized carbons (Fsp3) is 0.571. The summed E-state index contributed by atoms with van der Waals surface area (Å²) in [5, 5.41) is 6.91. The van der Waals surface area contributed by atoms with Crippen molar-refractivity contribution in [2.75, 3.05) is 13.7 Å². The monoisotopic (exact) mass is 236 g/mol. The molecule has 0 aliphatic rings. The minimum absolute atomic E-state index is 0.472. The summed E-state index contributed by atoms with van der Waals surface area (Å²) in [4.78, 5) is 0. The first kappa shape index (κ1) is 14.0. The summed E-state index contributed by atoms with van der Waals surface area (Å²) < 4.78 is 5.13. The zero-order valence-corrected chi connectivity index (χ0v) is 11.3. The van der Waals surface area contributed by atoms with Gasteiger partial charge in [0, 0.05) is 25.2 Å². The van der Waals surface area contributed by atoms with Gasteiger partial charge in [-0.15, -0.1) is 0 Å². The number of rotatable bonds is 7. The van der Waals surface area contributed by atoms with Gasteiger partial charge >= 0.3 is 0 Å². The Morgan fingerprint density at radius 1 is 1.06 bits per heavy atom. The molecule has 1 unspecified atom stereocenters. The highest BCUT2D eigenvalue weighted by Crippen LogP contribution is 2.10. The second-order valence-corrected chi connectivity index (χ2v) is 4.69. The number of benzene rings is 1. The van der Waals surface area contributed by atoms with E-state index in [1.807, 2.05) is 12.1 Å². The number of nitrogens with one attached hydrogen (secondary N) is 2. The maximum absolute atomic E-state index is 5.13. The molecule has 0 spiro atoms. The minimum Gasteiger partial charge on any atom is -0.497 e. The Bertz CT molecular complexity index is 309. The molecule has 96 valence electrons. The SMILES string of the molecule is COc1ccc(CNC(C)CNC(C)C)cc1. The summed E-state index contributed by atoms with van der Waals surface area (Å²) in [6.45, 7) is 8.41. The number of ether oxygens (including phenoxy) is 1. The third-order valence-electron chi connectivity index (χ3n) is 2.65. The van der Waals surface area contributed by atoms with E-state index >= 15 is 0 Å². The normalized spacial score (nSPS) is 12.8. The largest absolute Gasteiger partial charge is 0.497 e. The Hall–Kier alpha value is -1.06. The van der Waals surface area contributed by atoms with E-state index in [2.05, 4.69) is 43.5 Å². The van der Waals surface area contributed by atoms with Crippen molar-refractivity contribution in [1.29, 1.82) is 0 Å². The van der Waals surface area contributed by atoms with E-state index in [1.54, 1.807) is 7.11 Å². The van der Waals surface area contributed by atoms with Crippen LogP contribution < -0.4 is 15.4 Å². The maximum atomic E-state index is 5.13. The molecule has 1 rings (SSSR count). The summed E-state index contributed by atoms with van der Waals surface area (Å²) in [6, 6.07) is 9.19. The van der Waals surface area contributed by atoms with Crippen molar-refractivity contribution in [3.63, 3.8) is 0 Å². The molecule has 0 saturated carbocycles. The van der Waals surface area contributed by atoms with E-state index in [4.69, 9.17) is 4.74 Å². The fourth-order valence-electron chi connectivity index (χ4n) is 1.52. The Kier molecular flexibility index (Phi) is 6.01. The van der Waals surface area contributed by atoms with Gasteiger partial charge < -0.3 is 15.4 Å². The molecule has 0 aliphatic heterocycles. The van der Waals surface area contributed by atoms with Crippen molar-refractivity contribution in [3.05, 3.63) is 29.8 Å². The third-order valence-corrected chi connectivity index (χ3v) is 2.65. The van der Waals surface area contributed by atoms with Gasteiger partial charge in [0.2, 0.25) is 0 Å². The van der Waals surface area contributed by atoms with Crippen LogP contribution in [0, 0.1) is 0 Å². The van der Waals surface area contributed by atoms with E-state index in [1.165, 1.54) is 5.56 Å². The summed E-state index contributed by atoms with van der Waals surface area (Å²) in [7, 11) is 1.69. The molecule has 0 aromatic heterocycles. The van der Waals surface area contributed by atoms with Crippen LogP contribution in [0.5, 0.6) is 5.75 Å². The van der Waals surface area contributed by atoms with Crippen LogP contribution in [0.15, 0.2) is 24.3 Å². The molecular formula is C14H24N2O. The van der Waals surface area contributed by atoms with E-state index in [0.29, 0.717) is 12.1 Å². The van der Waals surface area contributed by atoms with Crippen LogP contribution in [0.25, 0.3) is 0 Å². The first-order valence-electron chi connectivity index (χ1n) is 6.21. The average Bonchev–Trinajstić information content (AvgIpc) is 2.34. The Morgan fingerprint density at radius 3 is 2.24 bits per heavy atom. The zero-order valence-electron chi connectivity index (χ0n) is 11.3. The van der Waals surface area contributed by atoms with Gasteiger partial charge in [-0.3, -0.25) is 0 Å². The van der Waals surface area contributed by atoms with Gasteiger partial charge in [0.05, 0.1) is 7.11 Å². The van der Waals surface area contributed by atoms with Crippen molar-refractivity contribution in [3.8, 4) is 5.75 Å². The summed E-state index contributed by atoms with van der Waals surface area (Å²) in [6.07, 6.45) is 0. The second-order valence-electron chi connectivity index (χ2n) is 4.69. The molecule has 0 heterocycles. The summed E-state index contributed by atoms with van der Waals surface area (Å²) >= 11 is 0. The summed E-state index contributed by atoms with van der Waals surface area (Å²) in [5.41, 5.74) is 1.28. The first-order chi connectivity index (χ1) is 8.11. The van der Waals surface area contributed by atoms with Crippen molar-refractivity contribution in [2.45, 2.75) is 39.4 Å². The molecule has 0 bridgehead atoms.